The maximum Gasteiger partial charge on any atom is 0.0525 e. The van der Waals surface area contributed by atoms with Crippen LogP contribution in [0.2, 0.25) is 0 Å². The van der Waals surface area contributed by atoms with Gasteiger partial charge in [-0.25, -0.2) is 0 Å². The molecule has 1 aliphatic carbocycles. The van der Waals surface area contributed by atoms with E-state index in [0.717, 1.165) is 6.42 Å². The summed E-state index contributed by atoms with van der Waals surface area (Å²) >= 11 is 0. The first-order chi connectivity index (χ1) is 6.65. The molecule has 1 heteroatoms. The molecule has 0 spiro atoms. The lowest BCUT2D eigenvalue weighted by molar-refractivity contribution is 0.188. The second kappa shape index (κ2) is 3.39. The number of fused-ring (bicyclic) bond motifs is 1. The summed E-state index contributed by atoms with van der Waals surface area (Å²) in [5.74, 6) is 0. The van der Waals surface area contributed by atoms with Crippen molar-refractivity contribution in [2.75, 3.05) is 6.61 Å². The minimum atomic E-state index is 0.00127. The van der Waals surface area contributed by atoms with Gasteiger partial charge >= 0.3 is 0 Å². The highest BCUT2D eigenvalue weighted by atomic mass is 16.3. The summed E-state index contributed by atoms with van der Waals surface area (Å²) < 4.78 is 0. The summed E-state index contributed by atoms with van der Waals surface area (Å²) in [6.45, 7) is 4.56. The van der Waals surface area contributed by atoms with Crippen molar-refractivity contribution in [3.63, 3.8) is 0 Å². The fourth-order valence-corrected chi connectivity index (χ4v) is 2.49. The highest BCUT2D eigenvalue weighted by molar-refractivity contribution is 5.39. The minimum absolute atomic E-state index is 0.00127. The lowest BCUT2D eigenvalue weighted by Gasteiger charge is -2.34. The molecular weight excluding hydrogens is 172 g/mol. The number of aliphatic hydroxyl groups is 1. The van der Waals surface area contributed by atoms with Gasteiger partial charge in [0.25, 0.3) is 0 Å². The van der Waals surface area contributed by atoms with Crippen LogP contribution >= 0.6 is 0 Å². The number of aryl methyl sites for hydroxylation is 2. The predicted molar refractivity (Wildman–Crippen MR) is 58.6 cm³/mol. The van der Waals surface area contributed by atoms with E-state index in [-0.39, 0.29) is 12.0 Å². The number of hydrogen-bond donors (Lipinski definition) is 1. The van der Waals surface area contributed by atoms with E-state index in [4.69, 9.17) is 0 Å². The zero-order valence-corrected chi connectivity index (χ0v) is 9.01. The Balaban J connectivity index is 2.50. The van der Waals surface area contributed by atoms with E-state index in [0.29, 0.717) is 0 Å². The van der Waals surface area contributed by atoms with Crippen molar-refractivity contribution in [3.05, 3.63) is 34.9 Å². The van der Waals surface area contributed by atoms with Crippen molar-refractivity contribution in [2.45, 2.75) is 38.5 Å². The fraction of sp³-hybridized carbons (Fsp3) is 0.538. The third-order valence-corrected chi connectivity index (χ3v) is 3.43. The fourth-order valence-electron chi connectivity index (χ4n) is 2.49. The smallest absolute Gasteiger partial charge is 0.0525 e. The minimum Gasteiger partial charge on any atom is -0.395 e. The van der Waals surface area contributed by atoms with E-state index in [9.17, 15) is 5.11 Å². The molecule has 1 nitrogen and oxygen atoms in total. The van der Waals surface area contributed by atoms with Gasteiger partial charge in [-0.3, -0.25) is 0 Å². The van der Waals surface area contributed by atoms with E-state index in [1.807, 2.05) is 0 Å². The number of rotatable bonds is 1. The maximum atomic E-state index is 9.47. The summed E-state index contributed by atoms with van der Waals surface area (Å²) in [5.41, 5.74) is 4.12. The van der Waals surface area contributed by atoms with Crippen molar-refractivity contribution >= 4 is 0 Å². The molecule has 0 saturated carbocycles. The van der Waals surface area contributed by atoms with Gasteiger partial charge in [0.05, 0.1) is 6.61 Å². The molecular formula is C13H18O. The van der Waals surface area contributed by atoms with Crippen LogP contribution in [0.1, 0.15) is 36.5 Å². The Labute approximate surface area is 85.8 Å². The number of benzene rings is 1. The lowest BCUT2D eigenvalue weighted by Crippen LogP contribution is -2.31. The third-order valence-electron chi connectivity index (χ3n) is 3.43. The molecule has 1 aromatic carbocycles. The summed E-state index contributed by atoms with van der Waals surface area (Å²) in [5, 5.41) is 9.47. The molecule has 0 aromatic heterocycles. The van der Waals surface area contributed by atoms with E-state index in [1.165, 1.54) is 29.5 Å². The van der Waals surface area contributed by atoms with Crippen LogP contribution in [0.25, 0.3) is 0 Å². The Bertz CT molecular complexity index is 343. The van der Waals surface area contributed by atoms with Crippen molar-refractivity contribution in [2.24, 2.45) is 0 Å². The normalized spacial score (nSPS) is 25.9. The zero-order valence-electron chi connectivity index (χ0n) is 9.01. The summed E-state index contributed by atoms with van der Waals surface area (Å²) in [6, 6.07) is 6.61. The van der Waals surface area contributed by atoms with Gasteiger partial charge in [-0.15, -0.1) is 0 Å². The van der Waals surface area contributed by atoms with Crippen LogP contribution in [0.4, 0.5) is 0 Å². The van der Waals surface area contributed by atoms with Crippen LogP contribution in [-0.4, -0.2) is 11.7 Å². The molecule has 1 aromatic rings. The predicted octanol–water partition coefficient (Wildman–Crippen LogP) is 2.58. The van der Waals surface area contributed by atoms with E-state index in [2.05, 4.69) is 32.0 Å². The Morgan fingerprint density at radius 2 is 2.21 bits per heavy atom. The van der Waals surface area contributed by atoms with Gasteiger partial charge in [0, 0.05) is 5.41 Å². The monoisotopic (exact) mass is 190 g/mol. The van der Waals surface area contributed by atoms with Crippen molar-refractivity contribution in [1.82, 2.24) is 0 Å². The van der Waals surface area contributed by atoms with E-state index in [1.54, 1.807) is 0 Å². The largest absolute Gasteiger partial charge is 0.395 e. The van der Waals surface area contributed by atoms with Gasteiger partial charge in [-0.05, 0) is 37.3 Å². The van der Waals surface area contributed by atoms with Crippen LogP contribution in [0.5, 0.6) is 0 Å². The third kappa shape index (κ3) is 1.46. The van der Waals surface area contributed by atoms with Crippen molar-refractivity contribution < 1.29 is 5.11 Å². The van der Waals surface area contributed by atoms with E-state index >= 15 is 0 Å². The van der Waals surface area contributed by atoms with Crippen molar-refractivity contribution in [1.29, 1.82) is 0 Å². The molecule has 1 unspecified atom stereocenters. The summed E-state index contributed by atoms with van der Waals surface area (Å²) in [6.07, 6.45) is 3.49. The topological polar surface area (TPSA) is 20.2 Å². The van der Waals surface area contributed by atoms with Crippen LogP contribution in [0.15, 0.2) is 18.2 Å². The molecule has 76 valence electrons. The van der Waals surface area contributed by atoms with Crippen LogP contribution < -0.4 is 0 Å². The highest BCUT2D eigenvalue weighted by Crippen LogP contribution is 2.36. The Morgan fingerprint density at radius 1 is 1.43 bits per heavy atom. The van der Waals surface area contributed by atoms with E-state index < -0.39 is 0 Å². The molecule has 1 aliphatic rings. The highest BCUT2D eigenvalue weighted by Gasteiger charge is 2.30. The average Bonchev–Trinajstić information content (AvgIpc) is 2.18. The molecule has 14 heavy (non-hydrogen) atoms. The molecule has 2 rings (SSSR count). The molecule has 0 bridgehead atoms. The van der Waals surface area contributed by atoms with Crippen LogP contribution in [0, 0.1) is 6.92 Å². The Morgan fingerprint density at radius 3 is 2.93 bits per heavy atom. The Hall–Kier alpha value is -0.820. The van der Waals surface area contributed by atoms with Gasteiger partial charge in [-0.1, -0.05) is 30.7 Å². The first kappa shape index (κ1) is 9.72. The van der Waals surface area contributed by atoms with Gasteiger partial charge in [-0.2, -0.15) is 0 Å². The first-order valence-electron chi connectivity index (χ1n) is 5.36. The molecule has 0 saturated heterocycles. The average molecular weight is 190 g/mol. The van der Waals surface area contributed by atoms with Crippen LogP contribution in [0.3, 0.4) is 0 Å². The van der Waals surface area contributed by atoms with Gasteiger partial charge in [0.15, 0.2) is 0 Å². The van der Waals surface area contributed by atoms with Crippen molar-refractivity contribution in [3.8, 4) is 0 Å². The van der Waals surface area contributed by atoms with Gasteiger partial charge in [0.1, 0.15) is 0 Å². The second-order valence-corrected chi connectivity index (χ2v) is 4.73. The molecule has 0 aliphatic heterocycles. The lowest BCUT2D eigenvalue weighted by atomic mass is 9.71. The SMILES string of the molecule is Cc1ccc2c(c1)CCCC2(C)CO. The number of aliphatic hydroxyl groups excluding tert-OH is 1. The zero-order chi connectivity index (χ0) is 10.2. The molecule has 1 N–H and O–H groups in total. The molecule has 0 amide bonds. The van der Waals surface area contributed by atoms with Crippen LogP contribution in [-0.2, 0) is 11.8 Å². The summed E-state index contributed by atoms with van der Waals surface area (Å²) in [7, 11) is 0. The number of hydrogen-bond acceptors (Lipinski definition) is 1. The molecule has 0 fully saturated rings. The molecule has 0 heterocycles. The quantitative estimate of drug-likeness (QED) is 0.721. The first-order valence-corrected chi connectivity index (χ1v) is 5.36. The molecule has 1 atom stereocenters. The second-order valence-electron chi connectivity index (χ2n) is 4.73. The maximum absolute atomic E-state index is 9.47. The van der Waals surface area contributed by atoms with Gasteiger partial charge in [0.2, 0.25) is 0 Å². The summed E-state index contributed by atoms with van der Waals surface area (Å²) in [4.78, 5) is 0. The van der Waals surface area contributed by atoms with Gasteiger partial charge < -0.3 is 5.11 Å². The standard InChI is InChI=1S/C13H18O/c1-10-5-6-12-11(8-10)4-3-7-13(12,2)9-14/h5-6,8,14H,3-4,7,9H2,1-2H3. The molecule has 0 radical (unpaired) electrons. The Kier molecular flexibility index (Phi) is 2.36.